The molecular formula is C13H26O3Si. The SMILES string of the molecule is C=C(CCCC)C(=O)O.C[Si]1(C)CCCCO1. The van der Waals surface area contributed by atoms with Gasteiger partial charge in [-0.25, -0.2) is 4.79 Å². The largest absolute Gasteiger partial charge is 0.478 e. The number of rotatable bonds is 4. The van der Waals surface area contributed by atoms with Crippen molar-refractivity contribution in [3.63, 3.8) is 0 Å². The Morgan fingerprint density at radius 3 is 2.35 bits per heavy atom. The molecule has 0 aromatic rings. The third-order valence-corrected chi connectivity index (χ3v) is 5.34. The summed E-state index contributed by atoms with van der Waals surface area (Å²) in [5.41, 5.74) is 0.317. The Morgan fingerprint density at radius 2 is 2.06 bits per heavy atom. The predicted molar refractivity (Wildman–Crippen MR) is 73.8 cm³/mol. The highest BCUT2D eigenvalue weighted by molar-refractivity contribution is 6.71. The van der Waals surface area contributed by atoms with Gasteiger partial charge in [0.2, 0.25) is 0 Å². The van der Waals surface area contributed by atoms with Crippen LogP contribution in [0.5, 0.6) is 0 Å². The van der Waals surface area contributed by atoms with Crippen molar-refractivity contribution in [3.8, 4) is 0 Å². The van der Waals surface area contributed by atoms with Gasteiger partial charge in [-0.1, -0.05) is 26.3 Å². The molecule has 1 saturated heterocycles. The lowest BCUT2D eigenvalue weighted by atomic mass is 10.1. The van der Waals surface area contributed by atoms with Crippen molar-refractivity contribution in [2.45, 2.75) is 58.2 Å². The summed E-state index contributed by atoms with van der Waals surface area (Å²) in [6, 6.07) is 1.37. The van der Waals surface area contributed by atoms with E-state index in [-0.39, 0.29) is 0 Å². The number of aliphatic carboxylic acids is 1. The van der Waals surface area contributed by atoms with Crippen molar-refractivity contribution in [3.05, 3.63) is 12.2 Å². The lowest BCUT2D eigenvalue weighted by Crippen LogP contribution is -2.33. The molecule has 0 aliphatic carbocycles. The van der Waals surface area contributed by atoms with E-state index in [1.165, 1.54) is 18.9 Å². The maximum atomic E-state index is 10.1. The van der Waals surface area contributed by atoms with Gasteiger partial charge in [0, 0.05) is 12.2 Å². The Bertz CT molecular complexity index is 241. The van der Waals surface area contributed by atoms with Crippen molar-refractivity contribution in [1.29, 1.82) is 0 Å². The zero-order chi connectivity index (χ0) is 13.3. The molecule has 1 heterocycles. The summed E-state index contributed by atoms with van der Waals surface area (Å²) < 4.78 is 5.60. The van der Waals surface area contributed by atoms with Crippen LogP contribution in [0.15, 0.2) is 12.2 Å². The summed E-state index contributed by atoms with van der Waals surface area (Å²) in [6.45, 7) is 11.0. The van der Waals surface area contributed by atoms with Gasteiger partial charge in [0.05, 0.1) is 0 Å². The van der Waals surface area contributed by atoms with Gasteiger partial charge in [0.25, 0.3) is 0 Å². The molecule has 0 amide bonds. The lowest BCUT2D eigenvalue weighted by Gasteiger charge is -2.27. The average molecular weight is 258 g/mol. The number of unbranched alkanes of at least 4 members (excludes halogenated alkanes) is 1. The molecule has 0 radical (unpaired) electrons. The van der Waals surface area contributed by atoms with Crippen molar-refractivity contribution < 1.29 is 14.3 Å². The summed E-state index contributed by atoms with van der Waals surface area (Å²) in [7, 11) is -1.09. The Labute approximate surface area is 106 Å². The van der Waals surface area contributed by atoms with E-state index in [1.54, 1.807) is 0 Å². The first-order valence-electron chi connectivity index (χ1n) is 6.44. The van der Waals surface area contributed by atoms with Crippen LogP contribution in [0.2, 0.25) is 19.1 Å². The smallest absolute Gasteiger partial charge is 0.330 e. The van der Waals surface area contributed by atoms with Crippen molar-refractivity contribution in [2.24, 2.45) is 0 Å². The summed E-state index contributed by atoms with van der Waals surface area (Å²) in [4.78, 5) is 10.1. The van der Waals surface area contributed by atoms with Crippen LogP contribution in [-0.2, 0) is 9.22 Å². The molecular weight excluding hydrogens is 232 g/mol. The third-order valence-electron chi connectivity index (χ3n) is 2.80. The van der Waals surface area contributed by atoms with Crippen LogP contribution in [-0.4, -0.2) is 26.0 Å². The van der Waals surface area contributed by atoms with Gasteiger partial charge in [-0.15, -0.1) is 0 Å². The number of carboxylic acids is 1. The Balaban J connectivity index is 0.000000302. The second-order valence-electron chi connectivity index (χ2n) is 5.08. The minimum absolute atomic E-state index is 0.317. The van der Waals surface area contributed by atoms with E-state index in [0.29, 0.717) is 12.0 Å². The zero-order valence-electron chi connectivity index (χ0n) is 11.4. The first-order chi connectivity index (χ1) is 7.89. The second kappa shape index (κ2) is 8.47. The average Bonchev–Trinajstić information content (AvgIpc) is 2.26. The van der Waals surface area contributed by atoms with E-state index in [9.17, 15) is 4.79 Å². The standard InChI is InChI=1S/C7H12O2.C6H14OSi/c1-3-4-5-6(2)7(8)9;1-8(2)6-4-3-5-7-8/h2-5H2,1H3,(H,8,9);3-6H2,1-2H3. The van der Waals surface area contributed by atoms with Gasteiger partial charge in [0.15, 0.2) is 8.32 Å². The molecule has 0 saturated carbocycles. The predicted octanol–water partition coefficient (Wildman–Crippen LogP) is 3.82. The van der Waals surface area contributed by atoms with Crippen LogP contribution >= 0.6 is 0 Å². The molecule has 100 valence electrons. The van der Waals surface area contributed by atoms with Crippen molar-refractivity contribution in [2.75, 3.05) is 6.61 Å². The molecule has 4 heteroatoms. The summed E-state index contributed by atoms with van der Waals surface area (Å²) in [6.07, 6.45) is 5.25. The van der Waals surface area contributed by atoms with Crippen molar-refractivity contribution >= 4 is 14.3 Å². The van der Waals surface area contributed by atoms with Crippen LogP contribution in [0, 0.1) is 0 Å². The van der Waals surface area contributed by atoms with E-state index in [4.69, 9.17) is 9.53 Å². The Kier molecular flexibility index (Phi) is 8.17. The fourth-order valence-corrected chi connectivity index (χ4v) is 3.51. The summed E-state index contributed by atoms with van der Waals surface area (Å²) in [5.74, 6) is -0.872. The normalized spacial score (nSPS) is 17.8. The number of hydrogen-bond donors (Lipinski definition) is 1. The molecule has 0 aromatic carbocycles. The van der Waals surface area contributed by atoms with Crippen LogP contribution in [0.3, 0.4) is 0 Å². The van der Waals surface area contributed by atoms with E-state index >= 15 is 0 Å². The fraction of sp³-hybridized carbons (Fsp3) is 0.769. The minimum Gasteiger partial charge on any atom is -0.478 e. The molecule has 17 heavy (non-hydrogen) atoms. The highest BCUT2D eigenvalue weighted by Crippen LogP contribution is 2.20. The Hall–Kier alpha value is -0.613. The number of hydrogen-bond acceptors (Lipinski definition) is 2. The number of carboxylic acid groups (broad SMARTS) is 1. The third kappa shape index (κ3) is 9.12. The fourth-order valence-electron chi connectivity index (χ4n) is 1.57. The first-order valence-corrected chi connectivity index (χ1v) is 9.55. The summed E-state index contributed by atoms with van der Waals surface area (Å²) >= 11 is 0. The van der Waals surface area contributed by atoms with E-state index in [1.807, 2.05) is 6.92 Å². The Morgan fingerprint density at radius 1 is 1.41 bits per heavy atom. The van der Waals surface area contributed by atoms with E-state index in [2.05, 4.69) is 19.7 Å². The number of carbonyl (C=O) groups is 1. The van der Waals surface area contributed by atoms with Gasteiger partial charge in [-0.05, 0) is 38.4 Å². The first kappa shape index (κ1) is 16.4. The van der Waals surface area contributed by atoms with Gasteiger partial charge < -0.3 is 9.53 Å². The van der Waals surface area contributed by atoms with Gasteiger partial charge >= 0.3 is 5.97 Å². The molecule has 0 unspecified atom stereocenters. The van der Waals surface area contributed by atoms with Gasteiger partial charge in [0.1, 0.15) is 0 Å². The molecule has 1 rings (SSSR count). The highest BCUT2D eigenvalue weighted by Gasteiger charge is 2.24. The topological polar surface area (TPSA) is 46.5 Å². The van der Waals surface area contributed by atoms with Crippen LogP contribution in [0.4, 0.5) is 0 Å². The second-order valence-corrected chi connectivity index (χ2v) is 9.39. The van der Waals surface area contributed by atoms with E-state index < -0.39 is 14.3 Å². The van der Waals surface area contributed by atoms with Crippen LogP contribution < -0.4 is 0 Å². The monoisotopic (exact) mass is 258 g/mol. The van der Waals surface area contributed by atoms with Crippen LogP contribution in [0.25, 0.3) is 0 Å². The maximum absolute atomic E-state index is 10.1. The molecule has 1 aliphatic rings. The summed E-state index contributed by atoms with van der Waals surface area (Å²) in [5, 5.41) is 8.31. The molecule has 0 spiro atoms. The quantitative estimate of drug-likeness (QED) is 0.616. The molecule has 1 fully saturated rings. The van der Waals surface area contributed by atoms with Gasteiger partial charge in [-0.3, -0.25) is 0 Å². The molecule has 1 aliphatic heterocycles. The van der Waals surface area contributed by atoms with E-state index in [0.717, 1.165) is 19.4 Å². The molecule has 1 N–H and O–H groups in total. The minimum atomic E-state index is -1.09. The molecule has 0 aromatic heterocycles. The zero-order valence-corrected chi connectivity index (χ0v) is 12.4. The van der Waals surface area contributed by atoms with Crippen molar-refractivity contribution in [1.82, 2.24) is 0 Å². The molecule has 3 nitrogen and oxygen atoms in total. The highest BCUT2D eigenvalue weighted by atomic mass is 28.4. The maximum Gasteiger partial charge on any atom is 0.330 e. The van der Waals surface area contributed by atoms with Crippen LogP contribution in [0.1, 0.15) is 39.0 Å². The lowest BCUT2D eigenvalue weighted by molar-refractivity contribution is -0.132. The molecule has 0 bridgehead atoms. The molecule has 0 atom stereocenters. The van der Waals surface area contributed by atoms with Gasteiger partial charge in [-0.2, -0.15) is 0 Å².